The van der Waals surface area contributed by atoms with Crippen molar-refractivity contribution in [3.63, 3.8) is 0 Å². The highest BCUT2D eigenvalue weighted by Crippen LogP contribution is 2.28. The zero-order valence-electron chi connectivity index (χ0n) is 15.0. The third-order valence-electron chi connectivity index (χ3n) is 4.14. The van der Waals surface area contributed by atoms with Crippen molar-refractivity contribution in [1.29, 1.82) is 0 Å². The molecule has 0 aliphatic heterocycles. The molecule has 0 spiro atoms. The van der Waals surface area contributed by atoms with Crippen molar-refractivity contribution in [2.24, 2.45) is 0 Å². The summed E-state index contributed by atoms with van der Waals surface area (Å²) in [7, 11) is 0. The summed E-state index contributed by atoms with van der Waals surface area (Å²) in [4.78, 5) is 23.5. The number of hydrogen-bond acceptors (Lipinski definition) is 5. The van der Waals surface area contributed by atoms with Crippen molar-refractivity contribution in [2.45, 2.75) is 20.4 Å². The summed E-state index contributed by atoms with van der Waals surface area (Å²) in [6.07, 6.45) is 3.84. The third kappa shape index (κ3) is 3.70. The Kier molecular flexibility index (Phi) is 4.87. The lowest BCUT2D eigenvalue weighted by atomic mass is 10.2. The normalized spacial score (nSPS) is 10.9. The van der Waals surface area contributed by atoms with Crippen LogP contribution in [0.1, 0.15) is 25.9 Å². The summed E-state index contributed by atoms with van der Waals surface area (Å²) in [5.41, 5.74) is 2.79. The number of rotatable bonds is 5. The molecule has 3 aromatic heterocycles. The van der Waals surface area contributed by atoms with Gasteiger partial charge in [0.15, 0.2) is 5.13 Å². The van der Waals surface area contributed by atoms with Crippen LogP contribution in [0.3, 0.4) is 0 Å². The molecule has 7 heteroatoms. The number of amides is 1. The van der Waals surface area contributed by atoms with Gasteiger partial charge in [0, 0.05) is 22.8 Å². The van der Waals surface area contributed by atoms with Crippen LogP contribution < -0.4 is 5.32 Å². The molecule has 0 aliphatic rings. The van der Waals surface area contributed by atoms with Crippen LogP contribution in [0, 0.1) is 13.8 Å². The van der Waals surface area contributed by atoms with Gasteiger partial charge in [0.2, 0.25) is 0 Å². The van der Waals surface area contributed by atoms with Crippen LogP contribution in [0.4, 0.5) is 0 Å². The van der Waals surface area contributed by atoms with E-state index in [0.29, 0.717) is 11.4 Å². The van der Waals surface area contributed by atoms with Gasteiger partial charge in [0.05, 0.1) is 17.9 Å². The van der Waals surface area contributed by atoms with E-state index in [4.69, 9.17) is 0 Å². The molecule has 0 radical (unpaired) electrons. The Balaban J connectivity index is 1.48. The number of benzene rings is 1. The standard InChI is InChI=1S/C20H18N4OS2/c1-13-16(26-19(22-13)15-8-4-3-5-9-15)12-21-18(25)17-14(2)23-20(27-17)24-10-6-7-11-24/h3-11H,12H2,1-2H3,(H,21,25). The summed E-state index contributed by atoms with van der Waals surface area (Å²) in [6, 6.07) is 14.0. The van der Waals surface area contributed by atoms with E-state index < -0.39 is 0 Å². The fourth-order valence-corrected chi connectivity index (χ4v) is 4.66. The minimum absolute atomic E-state index is 0.0996. The Morgan fingerprint density at radius 2 is 1.74 bits per heavy atom. The average molecular weight is 395 g/mol. The predicted molar refractivity (Wildman–Crippen MR) is 110 cm³/mol. The van der Waals surface area contributed by atoms with Gasteiger partial charge in [0.1, 0.15) is 9.88 Å². The Labute approximate surface area is 165 Å². The van der Waals surface area contributed by atoms with Gasteiger partial charge in [0.25, 0.3) is 5.91 Å². The first-order valence-corrected chi connectivity index (χ1v) is 10.2. The lowest BCUT2D eigenvalue weighted by Gasteiger charge is -2.02. The minimum Gasteiger partial charge on any atom is -0.346 e. The van der Waals surface area contributed by atoms with Gasteiger partial charge in [-0.1, -0.05) is 41.7 Å². The van der Waals surface area contributed by atoms with Crippen molar-refractivity contribution in [2.75, 3.05) is 0 Å². The van der Waals surface area contributed by atoms with Crippen molar-refractivity contribution in [3.8, 4) is 15.7 Å². The monoisotopic (exact) mass is 394 g/mol. The van der Waals surface area contributed by atoms with E-state index in [2.05, 4.69) is 15.3 Å². The van der Waals surface area contributed by atoms with Crippen molar-refractivity contribution < 1.29 is 4.79 Å². The third-order valence-corrected chi connectivity index (χ3v) is 6.52. The second-order valence-electron chi connectivity index (χ2n) is 6.08. The summed E-state index contributed by atoms with van der Waals surface area (Å²) >= 11 is 3.01. The highest BCUT2D eigenvalue weighted by atomic mass is 32.1. The van der Waals surface area contributed by atoms with E-state index in [-0.39, 0.29) is 5.91 Å². The smallest absolute Gasteiger partial charge is 0.263 e. The molecule has 0 saturated carbocycles. The lowest BCUT2D eigenvalue weighted by Crippen LogP contribution is -2.22. The average Bonchev–Trinajstić information content (AvgIpc) is 3.40. The molecule has 4 aromatic rings. The quantitative estimate of drug-likeness (QED) is 0.538. The zero-order valence-corrected chi connectivity index (χ0v) is 16.6. The van der Waals surface area contributed by atoms with Crippen LogP contribution in [0.5, 0.6) is 0 Å². The van der Waals surface area contributed by atoms with Crippen LogP contribution in [0.2, 0.25) is 0 Å². The largest absolute Gasteiger partial charge is 0.346 e. The highest BCUT2D eigenvalue weighted by molar-refractivity contribution is 7.16. The van der Waals surface area contributed by atoms with Gasteiger partial charge >= 0.3 is 0 Å². The maximum atomic E-state index is 12.6. The fourth-order valence-electron chi connectivity index (χ4n) is 2.70. The number of nitrogens with one attached hydrogen (secondary N) is 1. The van der Waals surface area contributed by atoms with E-state index in [1.54, 1.807) is 11.3 Å². The lowest BCUT2D eigenvalue weighted by molar-refractivity contribution is 0.0954. The molecule has 1 amide bonds. The Morgan fingerprint density at radius 1 is 1.00 bits per heavy atom. The Bertz CT molecular complexity index is 1070. The molecule has 1 N–H and O–H groups in total. The summed E-state index contributed by atoms with van der Waals surface area (Å²) in [6.45, 7) is 4.31. The number of carbonyl (C=O) groups is 1. The molecule has 1 aromatic carbocycles. The zero-order chi connectivity index (χ0) is 18.8. The van der Waals surface area contributed by atoms with Crippen molar-refractivity contribution in [3.05, 3.63) is 76.0 Å². The Hall–Kier alpha value is -2.77. The number of aromatic nitrogens is 3. The van der Waals surface area contributed by atoms with Crippen molar-refractivity contribution >= 4 is 28.6 Å². The number of nitrogens with zero attached hydrogens (tertiary/aromatic N) is 3. The molecular formula is C20H18N4OS2. The van der Waals surface area contributed by atoms with Crippen LogP contribution in [-0.4, -0.2) is 20.4 Å². The molecule has 0 aliphatic carbocycles. The molecule has 5 nitrogen and oxygen atoms in total. The van der Waals surface area contributed by atoms with Gasteiger partial charge in [-0.3, -0.25) is 4.79 Å². The van der Waals surface area contributed by atoms with E-state index in [1.165, 1.54) is 11.3 Å². The molecule has 136 valence electrons. The first kappa shape index (κ1) is 17.6. The van der Waals surface area contributed by atoms with E-state index in [1.807, 2.05) is 73.3 Å². The summed E-state index contributed by atoms with van der Waals surface area (Å²) in [5.74, 6) is -0.0996. The van der Waals surface area contributed by atoms with E-state index in [0.717, 1.165) is 32.0 Å². The molecule has 0 saturated heterocycles. The van der Waals surface area contributed by atoms with Crippen LogP contribution in [-0.2, 0) is 6.54 Å². The highest BCUT2D eigenvalue weighted by Gasteiger charge is 2.17. The maximum absolute atomic E-state index is 12.6. The van der Waals surface area contributed by atoms with Gasteiger partial charge < -0.3 is 9.88 Å². The molecule has 4 rings (SSSR count). The van der Waals surface area contributed by atoms with E-state index >= 15 is 0 Å². The maximum Gasteiger partial charge on any atom is 0.263 e. The molecule has 0 fully saturated rings. The van der Waals surface area contributed by atoms with Gasteiger partial charge in [-0.15, -0.1) is 11.3 Å². The first-order valence-electron chi connectivity index (χ1n) is 8.52. The number of thiazole rings is 2. The molecule has 0 atom stereocenters. The van der Waals surface area contributed by atoms with Crippen molar-refractivity contribution in [1.82, 2.24) is 19.9 Å². The molecule has 0 bridgehead atoms. The first-order chi connectivity index (χ1) is 13.1. The molecule has 0 unspecified atom stereocenters. The predicted octanol–water partition coefficient (Wildman–Crippen LogP) is 4.60. The summed E-state index contributed by atoms with van der Waals surface area (Å²) < 4.78 is 1.91. The van der Waals surface area contributed by atoms with Gasteiger partial charge in [-0.25, -0.2) is 9.97 Å². The number of hydrogen-bond donors (Lipinski definition) is 1. The number of carbonyl (C=O) groups excluding carboxylic acids is 1. The molecule has 3 heterocycles. The fraction of sp³-hybridized carbons (Fsp3) is 0.150. The van der Waals surface area contributed by atoms with Gasteiger partial charge in [-0.2, -0.15) is 0 Å². The summed E-state index contributed by atoms with van der Waals surface area (Å²) in [5, 5.41) is 4.78. The van der Waals surface area contributed by atoms with Crippen LogP contribution in [0.25, 0.3) is 15.7 Å². The van der Waals surface area contributed by atoms with Gasteiger partial charge in [-0.05, 0) is 26.0 Å². The molecular weight excluding hydrogens is 376 g/mol. The second-order valence-corrected chi connectivity index (χ2v) is 8.14. The topological polar surface area (TPSA) is 59.8 Å². The molecule has 27 heavy (non-hydrogen) atoms. The van der Waals surface area contributed by atoms with Crippen LogP contribution in [0.15, 0.2) is 54.9 Å². The van der Waals surface area contributed by atoms with E-state index in [9.17, 15) is 4.79 Å². The van der Waals surface area contributed by atoms with Crippen LogP contribution >= 0.6 is 22.7 Å². The Morgan fingerprint density at radius 3 is 2.48 bits per heavy atom. The SMILES string of the molecule is Cc1nc(-c2ccccc2)sc1CNC(=O)c1sc(-n2cccc2)nc1C. The number of aryl methyl sites for hydroxylation is 2. The second kappa shape index (κ2) is 7.46. The minimum atomic E-state index is -0.0996.